The number of benzene rings is 1. The van der Waals surface area contributed by atoms with Gasteiger partial charge >= 0.3 is 0 Å². The van der Waals surface area contributed by atoms with Crippen LogP contribution in [0, 0.1) is 35.5 Å². The maximum absolute atomic E-state index is 13.0. The van der Waals surface area contributed by atoms with Gasteiger partial charge in [-0.1, -0.05) is 36.4 Å². The second-order valence-corrected chi connectivity index (χ2v) is 9.37. The van der Waals surface area contributed by atoms with Crippen LogP contribution in [0.25, 0.3) is 0 Å². The van der Waals surface area contributed by atoms with Gasteiger partial charge in [-0.2, -0.15) is 0 Å². The minimum absolute atomic E-state index is 0.00767. The average molecular weight is 421 g/mol. The van der Waals surface area contributed by atoms with Crippen LogP contribution in [0.3, 0.4) is 0 Å². The Morgan fingerprint density at radius 1 is 0.871 bits per heavy atom. The first-order chi connectivity index (χ1) is 15.2. The number of hydrogen-bond donors (Lipinski definition) is 1. The van der Waals surface area contributed by atoms with Crippen LogP contribution in [-0.4, -0.2) is 49.1 Å². The Labute approximate surface area is 182 Å². The van der Waals surface area contributed by atoms with Crippen molar-refractivity contribution in [2.75, 3.05) is 26.2 Å². The van der Waals surface area contributed by atoms with Gasteiger partial charge in [0, 0.05) is 13.1 Å². The summed E-state index contributed by atoms with van der Waals surface area (Å²) < 4.78 is 11.7. The van der Waals surface area contributed by atoms with Crippen LogP contribution in [0.15, 0.2) is 48.6 Å². The highest BCUT2D eigenvalue weighted by Crippen LogP contribution is 2.58. The summed E-state index contributed by atoms with van der Waals surface area (Å²) in [5, 5.41) is 3.42. The number of ether oxygens (including phenoxy) is 2. The van der Waals surface area contributed by atoms with E-state index in [9.17, 15) is 9.59 Å². The zero-order valence-electron chi connectivity index (χ0n) is 17.5. The van der Waals surface area contributed by atoms with Gasteiger partial charge in [0.15, 0.2) is 11.5 Å². The van der Waals surface area contributed by atoms with E-state index in [-0.39, 0.29) is 41.6 Å². The average Bonchev–Trinajstić information content (AvgIpc) is 3.02. The molecule has 1 saturated carbocycles. The van der Waals surface area contributed by atoms with E-state index in [0.717, 1.165) is 30.9 Å². The monoisotopic (exact) mass is 420 g/mol. The van der Waals surface area contributed by atoms with Crippen molar-refractivity contribution in [1.82, 2.24) is 10.2 Å². The molecule has 6 nitrogen and oxygen atoms in total. The molecule has 1 aromatic rings. The zero-order chi connectivity index (χ0) is 20.9. The Morgan fingerprint density at radius 3 is 2.19 bits per heavy atom. The summed E-state index contributed by atoms with van der Waals surface area (Å²) in [7, 11) is 0. The predicted molar refractivity (Wildman–Crippen MR) is 114 cm³/mol. The summed E-state index contributed by atoms with van der Waals surface area (Å²) in [5.41, 5.74) is 0. The van der Waals surface area contributed by atoms with Gasteiger partial charge in [0.2, 0.25) is 11.8 Å². The smallest absolute Gasteiger partial charge is 0.233 e. The van der Waals surface area contributed by atoms with Gasteiger partial charge in [-0.05, 0) is 55.2 Å². The first-order valence-corrected chi connectivity index (χ1v) is 11.5. The highest BCUT2D eigenvalue weighted by Gasteiger charge is 2.62. The van der Waals surface area contributed by atoms with E-state index in [1.165, 1.54) is 0 Å². The van der Waals surface area contributed by atoms with E-state index in [4.69, 9.17) is 9.47 Å². The van der Waals surface area contributed by atoms with Crippen LogP contribution in [0.5, 0.6) is 11.5 Å². The number of hydrogen-bond acceptors (Lipinski definition) is 5. The molecule has 7 unspecified atom stereocenters. The summed E-state index contributed by atoms with van der Waals surface area (Å²) in [5.74, 6) is 2.83. The quantitative estimate of drug-likeness (QED) is 0.417. The molecule has 2 amide bonds. The van der Waals surface area contributed by atoms with Gasteiger partial charge < -0.3 is 14.8 Å². The van der Waals surface area contributed by atoms with Crippen LogP contribution in [0.1, 0.15) is 12.8 Å². The molecule has 0 aromatic heterocycles. The lowest BCUT2D eigenvalue weighted by Crippen LogP contribution is -2.50. The highest BCUT2D eigenvalue weighted by molar-refractivity contribution is 6.06. The van der Waals surface area contributed by atoms with Gasteiger partial charge in [0.25, 0.3) is 0 Å². The first kappa shape index (κ1) is 19.1. The Kier molecular flexibility index (Phi) is 4.64. The topological polar surface area (TPSA) is 67.9 Å². The van der Waals surface area contributed by atoms with Crippen molar-refractivity contribution in [3.63, 3.8) is 0 Å². The molecule has 2 fully saturated rings. The number of carbonyl (C=O) groups excluding carboxylic acids is 2. The molecule has 1 saturated heterocycles. The molecule has 162 valence electrons. The number of unbranched alkanes of at least 4 members (excludes halogenated alkanes) is 1. The molecule has 0 radical (unpaired) electrons. The molecule has 4 aliphatic carbocycles. The summed E-state index contributed by atoms with van der Waals surface area (Å²) in [6, 6.07) is 7.72. The second-order valence-electron chi connectivity index (χ2n) is 9.37. The number of rotatable bonds is 7. The number of carbonyl (C=O) groups is 2. The summed E-state index contributed by atoms with van der Waals surface area (Å²) >= 11 is 0. The van der Waals surface area contributed by atoms with E-state index in [1.807, 2.05) is 24.3 Å². The Bertz CT molecular complexity index is 917. The lowest BCUT2D eigenvalue weighted by atomic mass is 9.50. The standard InChI is InChI=1S/C25H28N2O4/c28-24-22-18-9-10-19(17-8-7-16(17)18)23(22)25(29)27(24)12-4-3-11-26-13-15-14-30-20-5-1-2-6-21(20)31-15/h1-2,5-10,15-19,22-23,26H,3-4,11-14H2. The van der Waals surface area contributed by atoms with Crippen LogP contribution < -0.4 is 14.8 Å². The number of allylic oxidation sites excluding steroid dienone is 4. The van der Waals surface area contributed by atoms with Crippen molar-refractivity contribution in [2.24, 2.45) is 35.5 Å². The number of para-hydroxylation sites is 2. The van der Waals surface area contributed by atoms with E-state index in [2.05, 4.69) is 29.6 Å². The fraction of sp³-hybridized carbons (Fsp3) is 0.520. The van der Waals surface area contributed by atoms with E-state index >= 15 is 0 Å². The summed E-state index contributed by atoms with van der Waals surface area (Å²) in [6.07, 6.45) is 10.6. The minimum Gasteiger partial charge on any atom is -0.486 e. The number of likely N-dealkylation sites (tertiary alicyclic amines) is 1. The molecule has 31 heavy (non-hydrogen) atoms. The van der Waals surface area contributed by atoms with Crippen LogP contribution in [0.2, 0.25) is 0 Å². The third-order valence-corrected chi connectivity index (χ3v) is 7.69. The Hall–Kier alpha value is -2.60. The molecule has 2 aliphatic heterocycles. The SMILES string of the molecule is O=C1C2C3C=CC(C4C=CC43)C2C(=O)N1CCCCNCC1COc2ccccc2O1. The zero-order valence-corrected chi connectivity index (χ0v) is 17.5. The lowest BCUT2D eigenvalue weighted by molar-refractivity contribution is -0.140. The molecule has 2 heterocycles. The third-order valence-electron chi connectivity index (χ3n) is 7.69. The van der Waals surface area contributed by atoms with Crippen molar-refractivity contribution in [1.29, 1.82) is 0 Å². The fourth-order valence-corrected chi connectivity index (χ4v) is 6.12. The molecule has 1 aromatic carbocycles. The highest BCUT2D eigenvalue weighted by atomic mass is 16.6. The number of fused-ring (bicyclic) bond motifs is 1. The third kappa shape index (κ3) is 3.03. The van der Waals surface area contributed by atoms with E-state index in [1.54, 1.807) is 4.90 Å². The summed E-state index contributed by atoms with van der Waals surface area (Å²) in [6.45, 7) is 2.61. The molecule has 7 rings (SSSR count). The van der Waals surface area contributed by atoms with E-state index < -0.39 is 0 Å². The van der Waals surface area contributed by atoms with Crippen molar-refractivity contribution in [2.45, 2.75) is 18.9 Å². The van der Waals surface area contributed by atoms with E-state index in [0.29, 0.717) is 31.5 Å². The fourth-order valence-electron chi connectivity index (χ4n) is 6.12. The molecule has 0 spiro atoms. The number of imide groups is 1. The summed E-state index contributed by atoms with van der Waals surface area (Å²) in [4.78, 5) is 27.6. The minimum atomic E-state index is -0.127. The number of nitrogens with one attached hydrogen (secondary N) is 1. The van der Waals surface area contributed by atoms with Gasteiger partial charge in [-0.15, -0.1) is 0 Å². The normalized spacial score (nSPS) is 36.4. The number of amides is 2. The molecule has 6 heteroatoms. The van der Waals surface area contributed by atoms with Gasteiger partial charge in [0.1, 0.15) is 12.7 Å². The first-order valence-electron chi connectivity index (χ1n) is 11.5. The van der Waals surface area contributed by atoms with Crippen molar-refractivity contribution in [3.05, 3.63) is 48.6 Å². The van der Waals surface area contributed by atoms with Crippen LogP contribution in [0.4, 0.5) is 0 Å². The molecule has 6 aliphatic rings. The van der Waals surface area contributed by atoms with Gasteiger partial charge in [-0.25, -0.2) is 0 Å². The molecule has 7 atom stereocenters. The Morgan fingerprint density at radius 2 is 1.52 bits per heavy atom. The molecule has 1 N–H and O–H groups in total. The van der Waals surface area contributed by atoms with Crippen LogP contribution in [-0.2, 0) is 9.59 Å². The van der Waals surface area contributed by atoms with Crippen molar-refractivity contribution in [3.8, 4) is 11.5 Å². The molecular formula is C25H28N2O4. The van der Waals surface area contributed by atoms with Gasteiger partial charge in [0.05, 0.1) is 11.8 Å². The van der Waals surface area contributed by atoms with Crippen LogP contribution >= 0.6 is 0 Å². The van der Waals surface area contributed by atoms with Crippen molar-refractivity contribution >= 4 is 11.8 Å². The van der Waals surface area contributed by atoms with Crippen molar-refractivity contribution < 1.29 is 19.1 Å². The number of nitrogens with zero attached hydrogens (tertiary/aromatic N) is 1. The second kappa shape index (κ2) is 7.52. The lowest BCUT2D eigenvalue weighted by Gasteiger charge is -2.51. The molecular weight excluding hydrogens is 392 g/mol. The maximum Gasteiger partial charge on any atom is 0.233 e. The van der Waals surface area contributed by atoms with Gasteiger partial charge in [-0.3, -0.25) is 14.5 Å². The Balaban J connectivity index is 0.958. The molecule has 2 bridgehead atoms. The maximum atomic E-state index is 13.0. The predicted octanol–water partition coefficient (Wildman–Crippen LogP) is 2.42. The largest absolute Gasteiger partial charge is 0.486 e.